The van der Waals surface area contributed by atoms with E-state index in [2.05, 4.69) is 33.6 Å². The van der Waals surface area contributed by atoms with Crippen LogP contribution in [0.3, 0.4) is 0 Å². The van der Waals surface area contributed by atoms with Gasteiger partial charge in [0.1, 0.15) is 6.61 Å². The summed E-state index contributed by atoms with van der Waals surface area (Å²) in [6, 6.07) is 11.6. The van der Waals surface area contributed by atoms with Gasteiger partial charge in [0.15, 0.2) is 23.1 Å². The van der Waals surface area contributed by atoms with Crippen LogP contribution in [0.1, 0.15) is 62.5 Å². The molecule has 3 aliphatic rings. The molecule has 6 nitrogen and oxygen atoms in total. The summed E-state index contributed by atoms with van der Waals surface area (Å²) in [5, 5.41) is 0.679. The average Bonchev–Trinajstić information content (AvgIpc) is 2.92. The van der Waals surface area contributed by atoms with Gasteiger partial charge >= 0.3 is 0 Å². The lowest BCUT2D eigenvalue weighted by molar-refractivity contribution is -0.117. The number of nitrogens with zero attached hydrogens (tertiary/aromatic N) is 1. The van der Waals surface area contributed by atoms with Crippen molar-refractivity contribution in [1.82, 2.24) is 4.90 Å². The molecule has 0 aromatic heterocycles. The summed E-state index contributed by atoms with van der Waals surface area (Å²) in [7, 11) is 1.68. The Bertz CT molecular complexity index is 1290. The third-order valence-corrected chi connectivity index (χ3v) is 8.62. The molecule has 0 spiro atoms. The van der Waals surface area contributed by atoms with Gasteiger partial charge in [0.2, 0.25) is 0 Å². The highest BCUT2D eigenvalue weighted by Crippen LogP contribution is 2.50. The fraction of sp³-hybridized carbons (Fsp3) is 0.419. The van der Waals surface area contributed by atoms with Crippen molar-refractivity contribution >= 4 is 45.8 Å². The van der Waals surface area contributed by atoms with Gasteiger partial charge < -0.3 is 19.1 Å². The number of hydrogen-bond acceptors (Lipinski definition) is 6. The fourth-order valence-electron chi connectivity index (χ4n) is 5.90. The number of carbonyl (C=O) groups excluding carboxylic acids is 2. The minimum Gasteiger partial charge on any atom is -0.490 e. The van der Waals surface area contributed by atoms with Crippen LogP contribution >= 0.6 is 34.2 Å². The molecule has 0 atom stereocenters. The lowest BCUT2D eigenvalue weighted by Gasteiger charge is -2.44. The molecule has 0 radical (unpaired) electrons. The number of rotatable bonds is 9. The number of Topliss-reactive ketones (excluding diaryl/α,β-unsaturated/α-hetero) is 2. The van der Waals surface area contributed by atoms with Crippen molar-refractivity contribution in [3.8, 4) is 11.5 Å². The molecule has 0 unspecified atom stereocenters. The largest absolute Gasteiger partial charge is 0.490 e. The first-order chi connectivity index (χ1) is 18.9. The maximum Gasteiger partial charge on any atom is 0.174 e. The normalized spacial score (nSPS) is 17.9. The molecule has 206 valence electrons. The Kier molecular flexibility index (Phi) is 8.99. The summed E-state index contributed by atoms with van der Waals surface area (Å²) in [4.78, 5) is 29.3. The summed E-state index contributed by atoms with van der Waals surface area (Å²) < 4.78 is 18.6. The van der Waals surface area contributed by atoms with Gasteiger partial charge in [0, 0.05) is 60.0 Å². The average molecular weight is 662 g/mol. The van der Waals surface area contributed by atoms with Gasteiger partial charge in [-0.1, -0.05) is 23.7 Å². The van der Waals surface area contributed by atoms with Gasteiger partial charge in [0.05, 0.1) is 16.8 Å². The van der Waals surface area contributed by atoms with E-state index in [-0.39, 0.29) is 11.6 Å². The smallest absolute Gasteiger partial charge is 0.174 e. The standard InChI is InChI=1S/C31H33ClINO5/c1-3-38-27-17-20(16-22(33)31(27)39-18-19-10-12-21(32)13-11-19)28-29-23(6-4-8-25(29)35)34(14-15-37-2)24-7-5-9-26(36)30(24)28/h10-13,16-17,28H,3-9,14-15,18H2,1-2H3. The van der Waals surface area contributed by atoms with Crippen molar-refractivity contribution in [3.05, 3.63) is 78.7 Å². The minimum absolute atomic E-state index is 0.129. The Morgan fingerprint density at radius 2 is 1.59 bits per heavy atom. The van der Waals surface area contributed by atoms with E-state index < -0.39 is 5.92 Å². The van der Waals surface area contributed by atoms with Crippen LogP contribution in [-0.4, -0.2) is 43.3 Å². The summed E-state index contributed by atoms with van der Waals surface area (Å²) in [5.41, 5.74) is 5.53. The van der Waals surface area contributed by atoms with Crippen LogP contribution in [0.4, 0.5) is 0 Å². The Morgan fingerprint density at radius 1 is 0.949 bits per heavy atom. The zero-order chi connectivity index (χ0) is 27.5. The number of allylic oxidation sites excluding steroid dienone is 4. The molecular formula is C31H33ClINO5. The predicted octanol–water partition coefficient (Wildman–Crippen LogP) is 6.98. The fourth-order valence-corrected chi connectivity index (χ4v) is 6.80. The van der Waals surface area contributed by atoms with E-state index in [9.17, 15) is 9.59 Å². The molecular weight excluding hydrogens is 629 g/mol. The SMILES string of the molecule is CCOc1cc(C2C3=C(CCCC3=O)N(CCOC)C3=C2C(=O)CCC3)cc(I)c1OCc1ccc(Cl)cc1. The molecule has 1 heterocycles. The first-order valence-corrected chi connectivity index (χ1v) is 15.0. The molecule has 2 aliphatic carbocycles. The van der Waals surface area contributed by atoms with E-state index >= 15 is 0 Å². The second-order valence-corrected chi connectivity index (χ2v) is 11.6. The van der Waals surface area contributed by atoms with E-state index in [4.69, 9.17) is 25.8 Å². The Morgan fingerprint density at radius 3 is 2.18 bits per heavy atom. The van der Waals surface area contributed by atoms with Crippen LogP contribution in [-0.2, 0) is 20.9 Å². The second-order valence-electron chi connectivity index (χ2n) is 10.0. The highest BCUT2D eigenvalue weighted by Gasteiger charge is 2.43. The first kappa shape index (κ1) is 28.2. The molecule has 2 aromatic rings. The molecule has 0 saturated carbocycles. The van der Waals surface area contributed by atoms with Crippen LogP contribution in [0, 0.1) is 3.57 Å². The monoisotopic (exact) mass is 661 g/mol. The van der Waals surface area contributed by atoms with Crippen LogP contribution in [0.5, 0.6) is 11.5 Å². The molecule has 0 saturated heterocycles. The number of ketones is 2. The van der Waals surface area contributed by atoms with Crippen molar-refractivity contribution in [3.63, 3.8) is 0 Å². The van der Waals surface area contributed by atoms with Crippen LogP contribution in [0.15, 0.2) is 58.9 Å². The topological polar surface area (TPSA) is 65.1 Å². The van der Waals surface area contributed by atoms with Crippen LogP contribution in [0.25, 0.3) is 0 Å². The molecule has 5 rings (SSSR count). The van der Waals surface area contributed by atoms with Gasteiger partial charge in [0.25, 0.3) is 0 Å². The van der Waals surface area contributed by atoms with Crippen molar-refractivity contribution in [1.29, 1.82) is 0 Å². The second kappa shape index (κ2) is 12.4. The molecule has 0 bridgehead atoms. The zero-order valence-electron chi connectivity index (χ0n) is 22.4. The zero-order valence-corrected chi connectivity index (χ0v) is 25.3. The van der Waals surface area contributed by atoms with E-state index in [1.807, 2.05) is 37.3 Å². The molecule has 0 fully saturated rings. The molecule has 0 N–H and O–H groups in total. The van der Waals surface area contributed by atoms with E-state index in [0.717, 1.165) is 62.9 Å². The van der Waals surface area contributed by atoms with Crippen LogP contribution < -0.4 is 9.47 Å². The lowest BCUT2D eigenvalue weighted by atomic mass is 9.71. The maximum absolute atomic E-state index is 13.5. The van der Waals surface area contributed by atoms with Crippen molar-refractivity contribution in [2.24, 2.45) is 0 Å². The number of methoxy groups -OCH3 is 1. The van der Waals surface area contributed by atoms with Gasteiger partial charge in [-0.05, 0) is 90.6 Å². The van der Waals surface area contributed by atoms with E-state index in [1.54, 1.807) is 7.11 Å². The van der Waals surface area contributed by atoms with Crippen molar-refractivity contribution in [2.45, 2.75) is 58.0 Å². The van der Waals surface area contributed by atoms with Gasteiger partial charge in [-0.3, -0.25) is 9.59 Å². The van der Waals surface area contributed by atoms with Gasteiger partial charge in [-0.2, -0.15) is 0 Å². The quantitative estimate of drug-likeness (QED) is 0.270. The first-order valence-electron chi connectivity index (χ1n) is 13.5. The summed E-state index contributed by atoms with van der Waals surface area (Å²) in [6.45, 7) is 3.94. The number of carbonyl (C=O) groups is 2. The lowest BCUT2D eigenvalue weighted by Crippen LogP contribution is -2.40. The number of hydrogen-bond donors (Lipinski definition) is 0. The van der Waals surface area contributed by atoms with Crippen molar-refractivity contribution < 1.29 is 23.8 Å². The number of ether oxygens (including phenoxy) is 3. The number of halogens is 2. The summed E-state index contributed by atoms with van der Waals surface area (Å²) in [5.74, 6) is 1.13. The summed E-state index contributed by atoms with van der Waals surface area (Å²) >= 11 is 8.31. The summed E-state index contributed by atoms with van der Waals surface area (Å²) in [6.07, 6.45) is 4.30. The molecule has 8 heteroatoms. The third kappa shape index (κ3) is 5.77. The molecule has 0 amide bonds. The highest BCUT2D eigenvalue weighted by molar-refractivity contribution is 14.1. The number of benzene rings is 2. The minimum atomic E-state index is -0.396. The van der Waals surface area contributed by atoms with Gasteiger partial charge in [-0.15, -0.1) is 0 Å². The Balaban J connectivity index is 1.60. The van der Waals surface area contributed by atoms with Crippen molar-refractivity contribution in [2.75, 3.05) is 26.9 Å². The molecule has 2 aromatic carbocycles. The predicted molar refractivity (Wildman–Crippen MR) is 159 cm³/mol. The third-order valence-electron chi connectivity index (χ3n) is 7.57. The van der Waals surface area contributed by atoms with E-state index in [1.165, 1.54) is 0 Å². The Hall–Kier alpha value is -2.36. The van der Waals surface area contributed by atoms with Gasteiger partial charge in [-0.25, -0.2) is 0 Å². The highest BCUT2D eigenvalue weighted by atomic mass is 127. The van der Waals surface area contributed by atoms with E-state index in [0.29, 0.717) is 55.7 Å². The van der Waals surface area contributed by atoms with Crippen LogP contribution in [0.2, 0.25) is 5.02 Å². The maximum atomic E-state index is 13.5. The molecule has 1 aliphatic heterocycles. The Labute approximate surface area is 248 Å². The molecule has 39 heavy (non-hydrogen) atoms.